The highest BCUT2D eigenvalue weighted by molar-refractivity contribution is 5.89. The van der Waals surface area contributed by atoms with Crippen LogP contribution in [0.2, 0.25) is 0 Å². The third kappa shape index (κ3) is 2.77. The van der Waals surface area contributed by atoms with Gasteiger partial charge in [0.15, 0.2) is 6.29 Å². The van der Waals surface area contributed by atoms with E-state index in [1.165, 1.54) is 12.5 Å². The largest absolute Gasteiger partial charge is 0.472 e. The molecule has 0 N–H and O–H groups in total. The second kappa shape index (κ2) is 6.06. The molecule has 4 rings (SSSR count). The van der Waals surface area contributed by atoms with Gasteiger partial charge < -0.3 is 13.9 Å². The van der Waals surface area contributed by atoms with Crippen molar-refractivity contribution in [3.05, 3.63) is 47.0 Å². The van der Waals surface area contributed by atoms with Crippen LogP contribution in [0.15, 0.2) is 41.3 Å². The summed E-state index contributed by atoms with van der Waals surface area (Å²) in [6.07, 6.45) is 5.26. The third-order valence-corrected chi connectivity index (χ3v) is 3.98. The molecule has 1 fully saturated rings. The minimum Gasteiger partial charge on any atom is -0.472 e. The van der Waals surface area contributed by atoms with Crippen LogP contribution in [0.1, 0.15) is 6.42 Å². The SMILES string of the molecule is O=[N+]([O-])c1cc2cn(CCC3OCCO3)nc2cc1-c1ccoc1. The summed E-state index contributed by atoms with van der Waals surface area (Å²) in [4.78, 5) is 11.0. The second-order valence-corrected chi connectivity index (χ2v) is 5.55. The van der Waals surface area contributed by atoms with Crippen molar-refractivity contribution in [3.63, 3.8) is 0 Å². The van der Waals surface area contributed by atoms with Crippen LogP contribution in [-0.2, 0) is 16.0 Å². The molecule has 8 nitrogen and oxygen atoms in total. The van der Waals surface area contributed by atoms with Crippen molar-refractivity contribution in [1.82, 2.24) is 9.78 Å². The molecule has 0 bridgehead atoms. The van der Waals surface area contributed by atoms with E-state index in [0.717, 1.165) is 5.39 Å². The fraction of sp³-hybridized carbons (Fsp3) is 0.312. The van der Waals surface area contributed by atoms with E-state index >= 15 is 0 Å². The van der Waals surface area contributed by atoms with E-state index in [1.807, 2.05) is 0 Å². The van der Waals surface area contributed by atoms with Crippen molar-refractivity contribution in [2.75, 3.05) is 13.2 Å². The van der Waals surface area contributed by atoms with Gasteiger partial charge in [0.25, 0.3) is 5.69 Å². The molecular formula is C16H15N3O5. The molecule has 8 heteroatoms. The number of rotatable bonds is 5. The number of ether oxygens (including phenoxy) is 2. The molecule has 0 aliphatic carbocycles. The number of nitro benzene ring substituents is 1. The van der Waals surface area contributed by atoms with E-state index in [2.05, 4.69) is 5.10 Å². The molecule has 0 unspecified atom stereocenters. The Labute approximate surface area is 136 Å². The Morgan fingerprint density at radius 3 is 2.88 bits per heavy atom. The van der Waals surface area contributed by atoms with Gasteiger partial charge >= 0.3 is 0 Å². The molecule has 0 spiro atoms. The Hall–Kier alpha value is -2.71. The minimum absolute atomic E-state index is 0.0332. The lowest BCUT2D eigenvalue weighted by Gasteiger charge is -2.07. The van der Waals surface area contributed by atoms with Gasteiger partial charge in [-0.2, -0.15) is 5.10 Å². The summed E-state index contributed by atoms with van der Waals surface area (Å²) >= 11 is 0. The first-order valence-corrected chi connectivity index (χ1v) is 7.62. The summed E-state index contributed by atoms with van der Waals surface area (Å²) < 4.78 is 17.6. The van der Waals surface area contributed by atoms with Gasteiger partial charge in [0, 0.05) is 36.2 Å². The summed E-state index contributed by atoms with van der Waals surface area (Å²) in [5, 5.41) is 16.6. The van der Waals surface area contributed by atoms with Crippen LogP contribution in [0, 0.1) is 10.1 Å². The smallest absolute Gasteiger partial charge is 0.278 e. The summed E-state index contributed by atoms with van der Waals surface area (Å²) in [6.45, 7) is 1.85. The molecule has 2 aromatic heterocycles. The van der Waals surface area contributed by atoms with Crippen molar-refractivity contribution >= 4 is 16.6 Å². The van der Waals surface area contributed by atoms with Crippen LogP contribution in [0.5, 0.6) is 0 Å². The van der Waals surface area contributed by atoms with Crippen LogP contribution in [0.25, 0.3) is 22.0 Å². The summed E-state index contributed by atoms with van der Waals surface area (Å²) in [6, 6.07) is 4.96. The van der Waals surface area contributed by atoms with Gasteiger partial charge in [-0.3, -0.25) is 14.8 Å². The number of fused-ring (bicyclic) bond motifs is 1. The maximum Gasteiger partial charge on any atom is 0.278 e. The molecule has 0 saturated carbocycles. The highest BCUT2D eigenvalue weighted by Crippen LogP contribution is 2.33. The van der Waals surface area contributed by atoms with Crippen LogP contribution in [0.4, 0.5) is 5.69 Å². The monoisotopic (exact) mass is 329 g/mol. The first-order chi connectivity index (χ1) is 11.7. The number of furan rings is 1. The molecule has 3 aromatic rings. The Kier molecular flexibility index (Phi) is 3.75. The fourth-order valence-electron chi connectivity index (χ4n) is 2.84. The zero-order valence-corrected chi connectivity index (χ0v) is 12.8. The van der Waals surface area contributed by atoms with E-state index in [0.29, 0.717) is 42.8 Å². The number of hydrogen-bond acceptors (Lipinski definition) is 6. The van der Waals surface area contributed by atoms with Crippen molar-refractivity contribution in [1.29, 1.82) is 0 Å². The van der Waals surface area contributed by atoms with Crippen LogP contribution in [0.3, 0.4) is 0 Å². The number of nitrogens with zero attached hydrogens (tertiary/aromatic N) is 3. The average Bonchev–Trinajstić information content (AvgIpc) is 3.31. The third-order valence-electron chi connectivity index (χ3n) is 3.98. The summed E-state index contributed by atoms with van der Waals surface area (Å²) in [5.74, 6) is 0. The van der Waals surface area contributed by atoms with E-state index in [1.54, 1.807) is 29.1 Å². The molecule has 1 saturated heterocycles. The Morgan fingerprint density at radius 2 is 2.17 bits per heavy atom. The maximum atomic E-state index is 11.4. The number of nitro groups is 1. The van der Waals surface area contributed by atoms with Gasteiger partial charge in [-0.15, -0.1) is 0 Å². The molecule has 3 heterocycles. The van der Waals surface area contributed by atoms with Gasteiger partial charge in [0.2, 0.25) is 0 Å². The van der Waals surface area contributed by atoms with Crippen molar-refractivity contribution in [3.8, 4) is 11.1 Å². The minimum atomic E-state index is -0.390. The molecule has 0 amide bonds. The predicted molar refractivity (Wildman–Crippen MR) is 84.4 cm³/mol. The lowest BCUT2D eigenvalue weighted by Crippen LogP contribution is -2.12. The Bertz CT molecular complexity index is 865. The second-order valence-electron chi connectivity index (χ2n) is 5.55. The average molecular weight is 329 g/mol. The number of aromatic nitrogens is 2. The molecule has 0 atom stereocenters. The van der Waals surface area contributed by atoms with E-state index < -0.39 is 0 Å². The van der Waals surface area contributed by atoms with Crippen LogP contribution >= 0.6 is 0 Å². The Morgan fingerprint density at radius 1 is 1.33 bits per heavy atom. The topological polar surface area (TPSA) is 92.6 Å². The first kappa shape index (κ1) is 14.9. The number of hydrogen-bond donors (Lipinski definition) is 0. The Balaban J connectivity index is 1.67. The molecule has 1 aliphatic heterocycles. The maximum absolute atomic E-state index is 11.4. The normalized spacial score (nSPS) is 15.3. The van der Waals surface area contributed by atoms with Crippen LogP contribution in [-0.4, -0.2) is 34.2 Å². The molecule has 1 aromatic carbocycles. The predicted octanol–water partition coefficient (Wildman–Crippen LogP) is 2.97. The zero-order valence-electron chi connectivity index (χ0n) is 12.8. The van der Waals surface area contributed by atoms with E-state index in [4.69, 9.17) is 13.9 Å². The molecule has 0 radical (unpaired) electrons. The lowest BCUT2D eigenvalue weighted by atomic mass is 10.1. The number of aryl methyl sites for hydroxylation is 1. The molecule has 124 valence electrons. The highest BCUT2D eigenvalue weighted by atomic mass is 16.7. The summed E-state index contributed by atoms with van der Waals surface area (Å²) in [5.41, 5.74) is 1.89. The quantitative estimate of drug-likeness (QED) is 0.528. The summed E-state index contributed by atoms with van der Waals surface area (Å²) in [7, 11) is 0. The van der Waals surface area contributed by atoms with Crippen molar-refractivity contribution in [2.24, 2.45) is 0 Å². The molecule has 24 heavy (non-hydrogen) atoms. The molecular weight excluding hydrogens is 314 g/mol. The van der Waals surface area contributed by atoms with E-state index in [9.17, 15) is 10.1 Å². The lowest BCUT2D eigenvalue weighted by molar-refractivity contribution is -0.384. The van der Waals surface area contributed by atoms with E-state index in [-0.39, 0.29) is 16.9 Å². The number of benzene rings is 1. The fourth-order valence-corrected chi connectivity index (χ4v) is 2.84. The van der Waals surface area contributed by atoms with Crippen LogP contribution < -0.4 is 0 Å². The standard InChI is InChI=1S/C16H15N3O5/c20-19(21)15-7-12-9-18(3-1-16-23-5-6-24-16)17-14(12)8-13(15)11-2-4-22-10-11/h2,4,7-10,16H,1,3,5-6H2. The van der Waals surface area contributed by atoms with Gasteiger partial charge in [-0.25, -0.2) is 0 Å². The van der Waals surface area contributed by atoms with Gasteiger partial charge in [-0.1, -0.05) is 0 Å². The van der Waals surface area contributed by atoms with Gasteiger partial charge in [0.1, 0.15) is 0 Å². The first-order valence-electron chi connectivity index (χ1n) is 7.62. The zero-order chi connectivity index (χ0) is 16.5. The molecule has 1 aliphatic rings. The van der Waals surface area contributed by atoms with Crippen molar-refractivity contribution < 1.29 is 18.8 Å². The van der Waals surface area contributed by atoms with Crippen molar-refractivity contribution in [2.45, 2.75) is 19.3 Å². The van der Waals surface area contributed by atoms with Gasteiger partial charge in [-0.05, 0) is 12.1 Å². The highest BCUT2D eigenvalue weighted by Gasteiger charge is 2.20. The van der Waals surface area contributed by atoms with Gasteiger partial charge in [0.05, 0.1) is 41.7 Å².